The number of ether oxygens (including phenoxy) is 1. The molecule has 0 aliphatic heterocycles. The molecule has 5 heteroatoms. The Morgan fingerprint density at radius 1 is 1.42 bits per heavy atom. The van der Waals surface area contributed by atoms with Gasteiger partial charge in [0.25, 0.3) is 0 Å². The van der Waals surface area contributed by atoms with Crippen molar-refractivity contribution in [1.29, 1.82) is 5.26 Å². The average molecular weight is 256 g/mol. The third-order valence-electron chi connectivity index (χ3n) is 2.52. The number of benzene rings is 1. The minimum Gasteiger partial charge on any atom is -0.447 e. The highest BCUT2D eigenvalue weighted by molar-refractivity contribution is 5.84. The first-order valence-corrected chi connectivity index (χ1v) is 5.66. The summed E-state index contributed by atoms with van der Waals surface area (Å²) in [7, 11) is 0. The van der Waals surface area contributed by atoms with Crippen LogP contribution in [0.1, 0.15) is 16.7 Å². The number of carbonyl (C=O) groups excluding carboxylic acids is 1. The Morgan fingerprint density at radius 2 is 2.16 bits per heavy atom. The van der Waals surface area contributed by atoms with Gasteiger partial charge in [-0.05, 0) is 12.5 Å². The first-order valence-electron chi connectivity index (χ1n) is 5.66. The van der Waals surface area contributed by atoms with Gasteiger partial charge in [-0.2, -0.15) is 5.26 Å². The van der Waals surface area contributed by atoms with Gasteiger partial charge in [-0.1, -0.05) is 30.3 Å². The predicted molar refractivity (Wildman–Crippen MR) is 68.4 cm³/mol. The molecule has 0 saturated carbocycles. The summed E-state index contributed by atoms with van der Waals surface area (Å²) in [5, 5.41) is 11.3. The molecule has 2 rings (SSSR count). The van der Waals surface area contributed by atoms with Crippen LogP contribution >= 0.6 is 0 Å². The van der Waals surface area contributed by atoms with Crippen LogP contribution in [0.5, 0.6) is 0 Å². The van der Waals surface area contributed by atoms with Crippen molar-refractivity contribution in [3.63, 3.8) is 0 Å². The van der Waals surface area contributed by atoms with Gasteiger partial charge < -0.3 is 9.15 Å². The molecule has 0 bridgehead atoms. The summed E-state index contributed by atoms with van der Waals surface area (Å²) in [6, 6.07) is 11.3. The van der Waals surface area contributed by atoms with E-state index in [-0.39, 0.29) is 12.5 Å². The maximum Gasteiger partial charge on any atom is 0.414 e. The number of hydrogen-bond donors (Lipinski definition) is 1. The van der Waals surface area contributed by atoms with E-state index >= 15 is 0 Å². The Bertz CT molecular complexity index is 611. The third-order valence-corrected chi connectivity index (χ3v) is 2.52. The number of nitrogens with one attached hydrogen (secondary N) is 1. The molecule has 0 fully saturated rings. The quantitative estimate of drug-likeness (QED) is 0.914. The molecule has 0 atom stereocenters. The summed E-state index contributed by atoms with van der Waals surface area (Å²) in [5.74, 6) is 0.109. The zero-order valence-corrected chi connectivity index (χ0v) is 10.3. The van der Waals surface area contributed by atoms with Crippen molar-refractivity contribution >= 4 is 12.0 Å². The Labute approximate surface area is 110 Å². The fourth-order valence-corrected chi connectivity index (χ4v) is 1.53. The van der Waals surface area contributed by atoms with Gasteiger partial charge in [0.15, 0.2) is 0 Å². The van der Waals surface area contributed by atoms with E-state index in [4.69, 9.17) is 14.4 Å². The molecular weight excluding hydrogens is 244 g/mol. The highest BCUT2D eigenvalue weighted by Crippen LogP contribution is 2.20. The van der Waals surface area contributed by atoms with Crippen LogP contribution in [0.15, 0.2) is 41.0 Å². The summed E-state index contributed by atoms with van der Waals surface area (Å²) in [6.07, 6.45) is 0.750. The lowest BCUT2D eigenvalue weighted by molar-refractivity contribution is 0.154. The fourth-order valence-electron chi connectivity index (χ4n) is 1.53. The van der Waals surface area contributed by atoms with Gasteiger partial charge in [-0.25, -0.2) is 4.79 Å². The molecule has 2 aromatic rings. The molecule has 1 heterocycles. The van der Waals surface area contributed by atoms with Crippen LogP contribution in [-0.2, 0) is 11.3 Å². The SMILES string of the molecule is Cc1coc(NC(=O)OCc2ccccc2)c1C#N. The first kappa shape index (κ1) is 12.7. The van der Waals surface area contributed by atoms with E-state index < -0.39 is 6.09 Å². The number of nitriles is 1. The number of furan rings is 1. The van der Waals surface area contributed by atoms with E-state index in [1.807, 2.05) is 36.4 Å². The highest BCUT2D eigenvalue weighted by Gasteiger charge is 2.13. The summed E-state index contributed by atoms with van der Waals surface area (Å²) in [4.78, 5) is 11.6. The van der Waals surface area contributed by atoms with Gasteiger partial charge in [-0.15, -0.1) is 0 Å². The monoisotopic (exact) mass is 256 g/mol. The molecule has 0 spiro atoms. The number of nitrogens with zero attached hydrogens (tertiary/aromatic N) is 1. The highest BCUT2D eigenvalue weighted by atomic mass is 16.5. The van der Waals surface area contributed by atoms with E-state index in [1.165, 1.54) is 6.26 Å². The van der Waals surface area contributed by atoms with Crippen LogP contribution in [0.2, 0.25) is 0 Å². The zero-order valence-electron chi connectivity index (χ0n) is 10.3. The molecule has 1 aromatic heterocycles. The molecule has 96 valence electrons. The molecule has 1 amide bonds. The van der Waals surface area contributed by atoms with Crippen LogP contribution in [0, 0.1) is 18.3 Å². The van der Waals surface area contributed by atoms with Crippen molar-refractivity contribution in [2.24, 2.45) is 0 Å². The molecule has 1 N–H and O–H groups in total. The maximum atomic E-state index is 11.6. The van der Waals surface area contributed by atoms with Gasteiger partial charge >= 0.3 is 6.09 Å². The lowest BCUT2D eigenvalue weighted by Crippen LogP contribution is -2.13. The number of carbonyl (C=O) groups is 1. The minimum atomic E-state index is -0.658. The van der Waals surface area contributed by atoms with E-state index in [0.29, 0.717) is 11.1 Å². The number of anilines is 1. The largest absolute Gasteiger partial charge is 0.447 e. The van der Waals surface area contributed by atoms with Crippen LogP contribution in [-0.4, -0.2) is 6.09 Å². The van der Waals surface area contributed by atoms with Crippen LogP contribution in [0.25, 0.3) is 0 Å². The normalized spacial score (nSPS) is 9.68. The van der Waals surface area contributed by atoms with Crippen molar-refractivity contribution < 1.29 is 13.9 Å². The van der Waals surface area contributed by atoms with Gasteiger partial charge in [0.2, 0.25) is 5.88 Å². The van der Waals surface area contributed by atoms with Gasteiger partial charge in [0.05, 0.1) is 6.26 Å². The van der Waals surface area contributed by atoms with E-state index in [9.17, 15) is 4.79 Å². The van der Waals surface area contributed by atoms with Crippen molar-refractivity contribution in [3.05, 3.63) is 53.3 Å². The lowest BCUT2D eigenvalue weighted by Gasteiger charge is -2.05. The Hall–Kier alpha value is -2.74. The number of hydrogen-bond acceptors (Lipinski definition) is 4. The predicted octanol–water partition coefficient (Wildman–Crippen LogP) is 3.21. The summed E-state index contributed by atoms with van der Waals surface area (Å²) >= 11 is 0. The van der Waals surface area contributed by atoms with E-state index in [0.717, 1.165) is 5.56 Å². The maximum absolute atomic E-state index is 11.6. The molecule has 1 aromatic carbocycles. The van der Waals surface area contributed by atoms with E-state index in [1.54, 1.807) is 6.92 Å². The zero-order chi connectivity index (χ0) is 13.7. The van der Waals surface area contributed by atoms with Gasteiger partial charge in [0.1, 0.15) is 18.2 Å². The number of rotatable bonds is 3. The lowest BCUT2D eigenvalue weighted by atomic mass is 10.2. The third kappa shape index (κ3) is 3.13. The van der Waals surface area contributed by atoms with Crippen LogP contribution < -0.4 is 5.32 Å². The fraction of sp³-hybridized carbons (Fsp3) is 0.143. The number of aryl methyl sites for hydroxylation is 1. The summed E-state index contributed by atoms with van der Waals surface area (Å²) in [5.41, 5.74) is 1.85. The molecule has 0 unspecified atom stereocenters. The van der Waals surface area contributed by atoms with Gasteiger partial charge in [-0.3, -0.25) is 5.32 Å². The number of amides is 1. The Kier molecular flexibility index (Phi) is 3.84. The summed E-state index contributed by atoms with van der Waals surface area (Å²) < 4.78 is 10.1. The first-order chi connectivity index (χ1) is 9.20. The average Bonchev–Trinajstić information content (AvgIpc) is 2.78. The molecule has 19 heavy (non-hydrogen) atoms. The smallest absolute Gasteiger partial charge is 0.414 e. The second kappa shape index (κ2) is 5.74. The van der Waals surface area contributed by atoms with Crippen molar-refractivity contribution in [3.8, 4) is 6.07 Å². The molecule has 5 nitrogen and oxygen atoms in total. The van der Waals surface area contributed by atoms with Crippen molar-refractivity contribution in [2.75, 3.05) is 5.32 Å². The van der Waals surface area contributed by atoms with Crippen molar-refractivity contribution in [1.82, 2.24) is 0 Å². The van der Waals surface area contributed by atoms with Crippen LogP contribution in [0.3, 0.4) is 0 Å². The molecule has 0 saturated heterocycles. The molecule has 0 radical (unpaired) electrons. The molecule has 0 aliphatic rings. The molecular formula is C14H12N2O3. The standard InChI is InChI=1S/C14H12N2O3/c1-10-8-18-13(12(10)7-15)16-14(17)19-9-11-5-3-2-4-6-11/h2-6,8H,9H2,1H3,(H,16,17). The molecule has 0 aliphatic carbocycles. The minimum absolute atomic E-state index is 0.109. The Morgan fingerprint density at radius 3 is 2.84 bits per heavy atom. The second-order valence-corrected chi connectivity index (χ2v) is 3.92. The van der Waals surface area contributed by atoms with Gasteiger partial charge in [0, 0.05) is 5.56 Å². The van der Waals surface area contributed by atoms with Crippen molar-refractivity contribution in [2.45, 2.75) is 13.5 Å². The summed E-state index contributed by atoms with van der Waals surface area (Å²) in [6.45, 7) is 1.89. The topological polar surface area (TPSA) is 75.3 Å². The second-order valence-electron chi connectivity index (χ2n) is 3.92. The Balaban J connectivity index is 1.93. The van der Waals surface area contributed by atoms with Crippen LogP contribution in [0.4, 0.5) is 10.7 Å². The van der Waals surface area contributed by atoms with E-state index in [2.05, 4.69) is 5.32 Å².